The van der Waals surface area contributed by atoms with Crippen molar-refractivity contribution in [2.45, 2.75) is 38.5 Å². The van der Waals surface area contributed by atoms with E-state index < -0.39 is 0 Å². The van der Waals surface area contributed by atoms with Crippen LogP contribution in [0.5, 0.6) is 0 Å². The molecule has 3 rings (SSSR count). The molecule has 20 heavy (non-hydrogen) atoms. The number of nitrogens with zero attached hydrogens (tertiary/aromatic N) is 1. The summed E-state index contributed by atoms with van der Waals surface area (Å²) in [5.74, 6) is 1.14. The number of hydrogen-bond donors (Lipinski definition) is 0. The predicted molar refractivity (Wildman–Crippen MR) is 82.1 cm³/mol. The molecule has 2 unspecified atom stereocenters. The van der Waals surface area contributed by atoms with Crippen LogP contribution in [0.15, 0.2) is 36.5 Å². The number of benzene rings is 1. The number of rotatable bonds is 3. The third kappa shape index (κ3) is 2.98. The Morgan fingerprint density at radius 3 is 2.80 bits per heavy atom. The number of aryl methyl sites for hydroxylation is 1. The highest BCUT2D eigenvalue weighted by molar-refractivity contribution is 7.11. The number of hydrogen-bond acceptors (Lipinski definition) is 3. The maximum absolute atomic E-state index is 12.2. The van der Waals surface area contributed by atoms with Gasteiger partial charge in [-0.1, -0.05) is 30.3 Å². The third-order valence-electron chi connectivity index (χ3n) is 4.15. The van der Waals surface area contributed by atoms with Gasteiger partial charge in [0.1, 0.15) is 5.78 Å². The number of thiazole rings is 1. The Labute approximate surface area is 123 Å². The molecule has 3 heteroatoms. The maximum atomic E-state index is 12.2. The van der Waals surface area contributed by atoms with Crippen molar-refractivity contribution in [1.29, 1.82) is 0 Å². The lowest BCUT2D eigenvalue weighted by molar-refractivity contribution is -0.124. The highest BCUT2D eigenvalue weighted by Gasteiger charge is 2.29. The second-order valence-corrected chi connectivity index (χ2v) is 6.91. The first kappa shape index (κ1) is 13.5. The van der Waals surface area contributed by atoms with Gasteiger partial charge in [0.05, 0.1) is 5.01 Å². The van der Waals surface area contributed by atoms with E-state index >= 15 is 0 Å². The fraction of sp³-hybridized carbons (Fsp3) is 0.412. The van der Waals surface area contributed by atoms with Crippen LogP contribution in [0.3, 0.4) is 0 Å². The Balaban J connectivity index is 1.72. The first-order valence-electron chi connectivity index (χ1n) is 7.21. The van der Waals surface area contributed by atoms with Crippen LogP contribution in [0.2, 0.25) is 0 Å². The van der Waals surface area contributed by atoms with Crippen molar-refractivity contribution < 1.29 is 4.79 Å². The van der Waals surface area contributed by atoms with Crippen LogP contribution in [-0.2, 0) is 11.2 Å². The Kier molecular flexibility index (Phi) is 3.97. The van der Waals surface area contributed by atoms with E-state index in [0.29, 0.717) is 11.7 Å². The summed E-state index contributed by atoms with van der Waals surface area (Å²) in [7, 11) is 0. The van der Waals surface area contributed by atoms with Crippen molar-refractivity contribution in [3.05, 3.63) is 52.0 Å². The highest BCUT2D eigenvalue weighted by Crippen LogP contribution is 2.36. The summed E-state index contributed by atoms with van der Waals surface area (Å²) in [4.78, 5) is 17.7. The summed E-state index contributed by atoms with van der Waals surface area (Å²) in [5.41, 5.74) is 1.38. The van der Waals surface area contributed by atoms with Gasteiger partial charge < -0.3 is 0 Å². The molecule has 0 amide bonds. The molecule has 1 fully saturated rings. The minimum atomic E-state index is 0.175. The lowest BCUT2D eigenvalue weighted by Crippen LogP contribution is -2.25. The normalized spacial score (nSPS) is 22.9. The summed E-state index contributed by atoms with van der Waals surface area (Å²) in [6.45, 7) is 2.02. The van der Waals surface area contributed by atoms with Gasteiger partial charge in [-0.25, -0.2) is 4.98 Å². The predicted octanol–water partition coefficient (Wildman–Crippen LogP) is 4.15. The molecule has 104 valence electrons. The smallest absolute Gasteiger partial charge is 0.136 e. The molecule has 0 saturated heterocycles. The fourth-order valence-electron chi connectivity index (χ4n) is 3.08. The van der Waals surface area contributed by atoms with Gasteiger partial charge in [-0.15, -0.1) is 11.3 Å². The molecule has 1 aliphatic carbocycles. The minimum absolute atomic E-state index is 0.175. The van der Waals surface area contributed by atoms with Gasteiger partial charge in [0.2, 0.25) is 0 Å². The third-order valence-corrected chi connectivity index (χ3v) is 5.09. The van der Waals surface area contributed by atoms with Gasteiger partial charge in [0, 0.05) is 23.4 Å². The first-order chi connectivity index (χ1) is 9.72. The summed E-state index contributed by atoms with van der Waals surface area (Å²) >= 11 is 1.72. The lowest BCUT2D eigenvalue weighted by Gasteiger charge is -2.28. The van der Waals surface area contributed by atoms with Crippen LogP contribution in [0, 0.1) is 12.8 Å². The van der Waals surface area contributed by atoms with Crippen molar-refractivity contribution in [3.63, 3.8) is 0 Å². The Hall–Kier alpha value is -1.48. The standard InChI is InChI=1S/C17H19NOS/c1-12-18-11-16(20-12)10-15-9-14(7-8-17(15)19)13-5-3-2-4-6-13/h2-6,11,14-15H,7-10H2,1H3. The molecule has 1 aromatic heterocycles. The average Bonchev–Trinajstić information content (AvgIpc) is 2.88. The topological polar surface area (TPSA) is 30.0 Å². The van der Waals surface area contributed by atoms with E-state index in [2.05, 4.69) is 35.3 Å². The zero-order valence-electron chi connectivity index (χ0n) is 11.7. The van der Waals surface area contributed by atoms with Gasteiger partial charge in [-0.3, -0.25) is 4.79 Å². The van der Waals surface area contributed by atoms with E-state index in [1.54, 1.807) is 11.3 Å². The molecular formula is C17H19NOS. The largest absolute Gasteiger partial charge is 0.299 e. The van der Waals surface area contributed by atoms with Crippen LogP contribution in [0.4, 0.5) is 0 Å². The number of Topliss-reactive ketones (excluding diaryl/α,β-unsaturated/α-hetero) is 1. The van der Waals surface area contributed by atoms with Crippen molar-refractivity contribution >= 4 is 17.1 Å². The number of carbonyl (C=O) groups is 1. The molecule has 0 N–H and O–H groups in total. The SMILES string of the molecule is Cc1ncc(CC2CC(c3ccccc3)CCC2=O)s1. The van der Waals surface area contributed by atoms with E-state index in [1.807, 2.05) is 13.1 Å². The zero-order chi connectivity index (χ0) is 13.9. The summed E-state index contributed by atoms with van der Waals surface area (Å²) in [5, 5.41) is 1.09. The molecule has 0 aliphatic heterocycles. The average molecular weight is 285 g/mol. The first-order valence-corrected chi connectivity index (χ1v) is 8.03. The summed E-state index contributed by atoms with van der Waals surface area (Å²) < 4.78 is 0. The monoisotopic (exact) mass is 285 g/mol. The second-order valence-electron chi connectivity index (χ2n) is 5.59. The second kappa shape index (κ2) is 5.88. The van der Waals surface area contributed by atoms with Crippen LogP contribution in [-0.4, -0.2) is 10.8 Å². The Morgan fingerprint density at radius 1 is 1.30 bits per heavy atom. The van der Waals surface area contributed by atoms with E-state index in [-0.39, 0.29) is 5.92 Å². The molecule has 1 aromatic carbocycles. The van der Waals surface area contributed by atoms with Crippen LogP contribution in [0.1, 0.15) is 40.6 Å². The van der Waals surface area contributed by atoms with Crippen molar-refractivity contribution in [2.75, 3.05) is 0 Å². The summed E-state index contributed by atoms with van der Waals surface area (Å²) in [6, 6.07) is 10.6. The molecule has 2 atom stereocenters. The van der Waals surface area contributed by atoms with Gasteiger partial charge in [0.15, 0.2) is 0 Å². The van der Waals surface area contributed by atoms with Crippen LogP contribution < -0.4 is 0 Å². The quantitative estimate of drug-likeness (QED) is 0.848. The number of carbonyl (C=O) groups excluding carboxylic acids is 1. The van der Waals surface area contributed by atoms with E-state index in [4.69, 9.17) is 0 Å². The molecule has 2 nitrogen and oxygen atoms in total. The maximum Gasteiger partial charge on any atom is 0.136 e. The van der Waals surface area contributed by atoms with Gasteiger partial charge in [-0.05, 0) is 37.7 Å². The molecular weight excluding hydrogens is 266 g/mol. The Bertz CT molecular complexity index is 590. The molecule has 1 aliphatic rings. The van der Waals surface area contributed by atoms with Gasteiger partial charge in [-0.2, -0.15) is 0 Å². The van der Waals surface area contributed by atoms with Crippen molar-refractivity contribution in [3.8, 4) is 0 Å². The van der Waals surface area contributed by atoms with Crippen LogP contribution in [0.25, 0.3) is 0 Å². The van der Waals surface area contributed by atoms with Crippen molar-refractivity contribution in [2.24, 2.45) is 5.92 Å². The highest BCUT2D eigenvalue weighted by atomic mass is 32.1. The minimum Gasteiger partial charge on any atom is -0.299 e. The molecule has 0 spiro atoms. The molecule has 0 radical (unpaired) electrons. The molecule has 1 saturated carbocycles. The molecule has 0 bridgehead atoms. The lowest BCUT2D eigenvalue weighted by atomic mass is 9.76. The molecule has 1 heterocycles. The number of aromatic nitrogens is 1. The van der Waals surface area contributed by atoms with Crippen LogP contribution >= 0.6 is 11.3 Å². The van der Waals surface area contributed by atoms with Gasteiger partial charge in [0.25, 0.3) is 0 Å². The van der Waals surface area contributed by atoms with Crippen molar-refractivity contribution in [1.82, 2.24) is 4.98 Å². The zero-order valence-corrected chi connectivity index (χ0v) is 12.5. The fourth-order valence-corrected chi connectivity index (χ4v) is 3.96. The van der Waals surface area contributed by atoms with E-state index in [9.17, 15) is 4.79 Å². The summed E-state index contributed by atoms with van der Waals surface area (Å²) in [6.07, 6.45) is 5.51. The molecule has 2 aromatic rings. The van der Waals surface area contributed by atoms with E-state index in [0.717, 1.165) is 30.7 Å². The number of ketones is 1. The van der Waals surface area contributed by atoms with Gasteiger partial charge >= 0.3 is 0 Å². The Morgan fingerprint density at radius 2 is 2.10 bits per heavy atom. The van der Waals surface area contributed by atoms with E-state index in [1.165, 1.54) is 10.4 Å².